The molecule has 4 rings (SSSR count). The number of nitro groups is 1. The minimum atomic E-state index is -0.470. The number of nitrogens with zero attached hydrogens (tertiary/aromatic N) is 2. The number of ketones is 1. The molecule has 2 aliphatic rings. The van der Waals surface area contributed by atoms with E-state index in [1.54, 1.807) is 19.2 Å². The highest BCUT2D eigenvalue weighted by atomic mass is 16.6. The molecule has 0 radical (unpaired) electrons. The molecule has 0 spiro atoms. The fraction of sp³-hybridized carbons (Fsp3) is 0.318. The first-order valence-electron chi connectivity index (χ1n) is 9.67. The van der Waals surface area contributed by atoms with Gasteiger partial charge in [-0.25, -0.2) is 0 Å². The number of carbonyl (C=O) groups excluding carboxylic acids is 1. The van der Waals surface area contributed by atoms with Gasteiger partial charge in [0.1, 0.15) is 18.2 Å². The summed E-state index contributed by atoms with van der Waals surface area (Å²) in [6, 6.07) is 7.91. The van der Waals surface area contributed by atoms with Gasteiger partial charge in [0.2, 0.25) is 5.78 Å². The van der Waals surface area contributed by atoms with E-state index in [4.69, 9.17) is 14.2 Å². The molecule has 2 heterocycles. The quantitative estimate of drug-likeness (QED) is 0.310. The molecule has 0 bridgehead atoms. The van der Waals surface area contributed by atoms with Crippen LogP contribution in [0.15, 0.2) is 36.1 Å². The summed E-state index contributed by atoms with van der Waals surface area (Å²) in [4.78, 5) is 25.6. The first-order valence-corrected chi connectivity index (χ1v) is 9.67. The van der Waals surface area contributed by atoms with E-state index in [1.807, 2.05) is 13.0 Å². The summed E-state index contributed by atoms with van der Waals surface area (Å²) in [7, 11) is 1.68. The van der Waals surface area contributed by atoms with Crippen molar-refractivity contribution < 1.29 is 23.9 Å². The van der Waals surface area contributed by atoms with Gasteiger partial charge in [0.15, 0.2) is 5.76 Å². The number of nitro benzene ring substituents is 1. The lowest BCUT2D eigenvalue weighted by molar-refractivity contribution is -0.384. The van der Waals surface area contributed by atoms with E-state index in [-0.39, 0.29) is 17.2 Å². The molecule has 2 aromatic rings. The van der Waals surface area contributed by atoms with Gasteiger partial charge in [-0.05, 0) is 31.1 Å². The Kier molecular flexibility index (Phi) is 5.52. The van der Waals surface area contributed by atoms with Crippen molar-refractivity contribution in [1.29, 1.82) is 0 Å². The smallest absolute Gasteiger partial charge is 0.270 e. The number of rotatable bonds is 6. The van der Waals surface area contributed by atoms with Crippen molar-refractivity contribution in [2.24, 2.45) is 0 Å². The number of carbonyl (C=O) groups is 1. The maximum atomic E-state index is 13.0. The molecule has 0 N–H and O–H groups in total. The third-order valence-electron chi connectivity index (χ3n) is 5.20. The van der Waals surface area contributed by atoms with Crippen molar-refractivity contribution in [3.8, 4) is 11.5 Å². The van der Waals surface area contributed by atoms with E-state index in [1.165, 1.54) is 18.2 Å². The molecule has 8 nitrogen and oxygen atoms in total. The number of fused-ring (bicyclic) bond motifs is 2. The summed E-state index contributed by atoms with van der Waals surface area (Å²) >= 11 is 0. The largest absolute Gasteiger partial charge is 0.477 e. The number of allylic oxidation sites excluding steroid dienone is 1. The van der Waals surface area contributed by atoms with Gasteiger partial charge in [-0.1, -0.05) is 12.1 Å². The number of benzene rings is 2. The van der Waals surface area contributed by atoms with Crippen LogP contribution in [0.1, 0.15) is 33.5 Å². The summed E-state index contributed by atoms with van der Waals surface area (Å²) in [5.41, 5.74) is 2.72. The van der Waals surface area contributed by atoms with Crippen molar-refractivity contribution in [2.75, 3.05) is 27.0 Å². The molecule has 8 heteroatoms. The van der Waals surface area contributed by atoms with Crippen LogP contribution < -0.4 is 9.47 Å². The fourth-order valence-electron chi connectivity index (χ4n) is 3.75. The topological polar surface area (TPSA) is 91.1 Å². The Hall–Kier alpha value is -3.23. The third-order valence-corrected chi connectivity index (χ3v) is 5.20. The molecule has 0 saturated carbocycles. The fourth-order valence-corrected chi connectivity index (χ4v) is 3.75. The number of hydrogen-bond donors (Lipinski definition) is 0. The van der Waals surface area contributed by atoms with E-state index in [0.717, 1.165) is 29.8 Å². The molecule has 0 atom stereocenters. The molecule has 0 amide bonds. The molecular weight excluding hydrogens is 388 g/mol. The zero-order chi connectivity index (χ0) is 21.3. The van der Waals surface area contributed by atoms with Crippen LogP contribution in [0.25, 0.3) is 6.08 Å². The zero-order valence-electron chi connectivity index (χ0n) is 16.8. The van der Waals surface area contributed by atoms with E-state index < -0.39 is 4.92 Å². The van der Waals surface area contributed by atoms with Crippen molar-refractivity contribution >= 4 is 17.5 Å². The van der Waals surface area contributed by atoms with Crippen molar-refractivity contribution in [2.45, 2.75) is 19.9 Å². The highest BCUT2D eigenvalue weighted by Gasteiger charge is 2.33. The molecule has 2 aromatic carbocycles. The van der Waals surface area contributed by atoms with Crippen LogP contribution in [0.2, 0.25) is 0 Å². The molecule has 0 aliphatic carbocycles. The van der Waals surface area contributed by atoms with Gasteiger partial charge < -0.3 is 14.2 Å². The Balaban J connectivity index is 1.60. The number of hydrogen-bond acceptors (Lipinski definition) is 7. The summed E-state index contributed by atoms with van der Waals surface area (Å²) in [6.45, 7) is 4.56. The predicted octanol–water partition coefficient (Wildman–Crippen LogP) is 3.71. The van der Waals surface area contributed by atoms with Crippen LogP contribution in [0.4, 0.5) is 5.69 Å². The molecule has 2 aliphatic heterocycles. The zero-order valence-corrected chi connectivity index (χ0v) is 16.8. The lowest BCUT2D eigenvalue weighted by atomic mass is 10.00. The second kappa shape index (κ2) is 8.25. The molecule has 0 unspecified atom stereocenters. The maximum Gasteiger partial charge on any atom is 0.270 e. The predicted molar refractivity (Wildman–Crippen MR) is 110 cm³/mol. The highest BCUT2D eigenvalue weighted by molar-refractivity contribution is 6.15. The van der Waals surface area contributed by atoms with Gasteiger partial charge >= 0.3 is 0 Å². The van der Waals surface area contributed by atoms with Crippen LogP contribution in [0, 0.1) is 17.0 Å². The molecule has 30 heavy (non-hydrogen) atoms. The summed E-state index contributed by atoms with van der Waals surface area (Å²) in [6.07, 6.45) is 2.43. The Morgan fingerprint density at radius 2 is 2.13 bits per heavy atom. The molecule has 0 saturated heterocycles. The van der Waals surface area contributed by atoms with Gasteiger partial charge in [0, 0.05) is 50.1 Å². The summed E-state index contributed by atoms with van der Waals surface area (Å²) in [5, 5.41) is 11.0. The number of Topliss-reactive ketones (excluding diaryl/α,β-unsaturated/α-hetero) is 1. The van der Waals surface area contributed by atoms with Crippen molar-refractivity contribution in [1.82, 2.24) is 4.90 Å². The van der Waals surface area contributed by atoms with Crippen LogP contribution in [0.3, 0.4) is 0 Å². The second-order valence-electron chi connectivity index (χ2n) is 7.33. The van der Waals surface area contributed by atoms with Crippen LogP contribution in [-0.4, -0.2) is 42.6 Å². The second-order valence-corrected chi connectivity index (χ2v) is 7.33. The van der Waals surface area contributed by atoms with Crippen LogP contribution in [-0.2, 0) is 11.3 Å². The van der Waals surface area contributed by atoms with E-state index in [2.05, 4.69) is 4.90 Å². The van der Waals surface area contributed by atoms with Crippen LogP contribution >= 0.6 is 0 Å². The Bertz CT molecular complexity index is 1050. The normalized spacial score (nSPS) is 16.7. The summed E-state index contributed by atoms with van der Waals surface area (Å²) in [5.74, 6) is 1.15. The Morgan fingerprint density at radius 1 is 1.30 bits per heavy atom. The molecule has 0 aromatic heterocycles. The van der Waals surface area contributed by atoms with E-state index in [9.17, 15) is 14.9 Å². The monoisotopic (exact) mass is 410 g/mol. The van der Waals surface area contributed by atoms with Crippen LogP contribution in [0.5, 0.6) is 11.5 Å². The third kappa shape index (κ3) is 3.79. The van der Waals surface area contributed by atoms with Gasteiger partial charge in [-0.15, -0.1) is 0 Å². The molecular formula is C22H22N2O6. The Labute approximate surface area is 173 Å². The lowest BCUT2D eigenvalue weighted by Crippen LogP contribution is -2.33. The standard InChI is InChI=1S/C22H22N2O6/c1-14-21-16(12-23(13-29-21)7-4-8-28-2)11-18-20(25)19(30-22(14)18)10-15-5-3-6-17(9-15)24(26)27/h3,5-6,9-11H,4,7-8,12-13H2,1-2H3/b19-10-. The Morgan fingerprint density at radius 3 is 2.90 bits per heavy atom. The lowest BCUT2D eigenvalue weighted by Gasteiger charge is -2.30. The highest BCUT2D eigenvalue weighted by Crippen LogP contribution is 2.43. The van der Waals surface area contributed by atoms with Gasteiger partial charge in [0.05, 0.1) is 10.5 Å². The molecule has 0 fully saturated rings. The number of non-ortho nitro benzene ring substituents is 1. The number of ether oxygens (including phenoxy) is 3. The minimum Gasteiger partial charge on any atom is -0.477 e. The van der Waals surface area contributed by atoms with Gasteiger partial charge in [-0.2, -0.15) is 0 Å². The van der Waals surface area contributed by atoms with Crippen molar-refractivity contribution in [3.05, 3.63) is 68.5 Å². The SMILES string of the molecule is COCCCN1COc2c(cc3c(c2C)O/C(=C\c2cccc([N+](=O)[O-])c2)C3=O)C1. The minimum absolute atomic E-state index is 0.0408. The average molecular weight is 410 g/mol. The maximum absolute atomic E-state index is 13.0. The van der Waals surface area contributed by atoms with E-state index >= 15 is 0 Å². The first kappa shape index (κ1) is 20.1. The van der Waals surface area contributed by atoms with Gasteiger partial charge in [-0.3, -0.25) is 19.8 Å². The van der Waals surface area contributed by atoms with Crippen molar-refractivity contribution in [3.63, 3.8) is 0 Å². The molecule has 156 valence electrons. The van der Waals surface area contributed by atoms with Gasteiger partial charge in [0.25, 0.3) is 5.69 Å². The average Bonchev–Trinajstić information content (AvgIpc) is 3.04. The van der Waals surface area contributed by atoms with E-state index in [0.29, 0.717) is 36.8 Å². The summed E-state index contributed by atoms with van der Waals surface area (Å²) < 4.78 is 16.9. The number of methoxy groups -OCH3 is 1. The first-order chi connectivity index (χ1) is 14.5.